The zero-order valence-electron chi connectivity index (χ0n) is 11.2. The largest absolute Gasteiger partial charge is 0.310 e. The van der Waals surface area contributed by atoms with Gasteiger partial charge in [-0.1, -0.05) is 49.6 Å². The molecule has 0 spiro atoms. The third kappa shape index (κ3) is 2.96. The molecule has 1 aliphatic carbocycles. The fourth-order valence-corrected chi connectivity index (χ4v) is 3.34. The Hall–Kier alpha value is -0.990. The summed E-state index contributed by atoms with van der Waals surface area (Å²) in [5.74, 6) is 0. The van der Waals surface area contributed by atoms with Gasteiger partial charge in [0.1, 0.15) is 0 Å². The second kappa shape index (κ2) is 5.98. The molecule has 0 heterocycles. The van der Waals surface area contributed by atoms with E-state index in [1.54, 1.807) is 0 Å². The summed E-state index contributed by atoms with van der Waals surface area (Å²) in [7, 11) is 0. The number of hydrogen-bond acceptors (Lipinski definition) is 2. The van der Waals surface area contributed by atoms with Crippen LogP contribution in [0.15, 0.2) is 41.3 Å². The fraction of sp³-hybridized carbons (Fsp3) is 0.412. The zero-order valence-corrected chi connectivity index (χ0v) is 12.1. The van der Waals surface area contributed by atoms with E-state index in [4.69, 9.17) is 0 Å². The van der Waals surface area contributed by atoms with Crippen molar-refractivity contribution in [3.05, 3.63) is 42.0 Å². The van der Waals surface area contributed by atoms with E-state index in [0.29, 0.717) is 6.04 Å². The van der Waals surface area contributed by atoms with Crippen LogP contribution in [-0.4, -0.2) is 6.04 Å². The van der Waals surface area contributed by atoms with Gasteiger partial charge in [-0.25, -0.2) is 0 Å². The van der Waals surface area contributed by atoms with Crippen molar-refractivity contribution in [2.75, 3.05) is 0 Å². The molecular weight excluding hydrogens is 250 g/mol. The van der Waals surface area contributed by atoms with Crippen LogP contribution in [0.1, 0.15) is 37.7 Å². The van der Waals surface area contributed by atoms with E-state index in [2.05, 4.69) is 54.3 Å². The zero-order chi connectivity index (χ0) is 13.1. The molecule has 2 aromatic carbocycles. The topological polar surface area (TPSA) is 12.0 Å². The minimum atomic E-state index is 0.695. The standard InChI is InChI=1S/C17H21NS/c19-17-11-10-13-6-4-5-9-15(13)16(17)12-18-14-7-2-1-3-8-14/h4-6,9-11,14,18-19H,1-3,7-8,12H2. The van der Waals surface area contributed by atoms with Gasteiger partial charge >= 0.3 is 0 Å². The molecule has 0 amide bonds. The molecule has 1 saturated carbocycles. The lowest BCUT2D eigenvalue weighted by molar-refractivity contribution is 0.372. The number of benzene rings is 2. The number of fused-ring (bicyclic) bond motifs is 1. The maximum Gasteiger partial charge on any atom is 0.0225 e. The van der Waals surface area contributed by atoms with Gasteiger partial charge in [-0.3, -0.25) is 0 Å². The molecule has 1 aliphatic rings. The predicted molar refractivity (Wildman–Crippen MR) is 84.9 cm³/mol. The Balaban J connectivity index is 1.81. The maximum absolute atomic E-state index is 4.63. The van der Waals surface area contributed by atoms with Crippen LogP contribution in [0.3, 0.4) is 0 Å². The second-order valence-corrected chi connectivity index (χ2v) is 5.98. The summed E-state index contributed by atoms with van der Waals surface area (Å²) in [5.41, 5.74) is 1.34. The Morgan fingerprint density at radius 1 is 1.00 bits per heavy atom. The highest BCUT2D eigenvalue weighted by atomic mass is 32.1. The average Bonchev–Trinajstić information content (AvgIpc) is 2.47. The lowest BCUT2D eigenvalue weighted by Gasteiger charge is -2.23. The first kappa shape index (κ1) is 13.0. The molecule has 0 unspecified atom stereocenters. The summed E-state index contributed by atoms with van der Waals surface area (Å²) < 4.78 is 0. The van der Waals surface area contributed by atoms with Crippen molar-refractivity contribution in [1.29, 1.82) is 0 Å². The highest BCUT2D eigenvalue weighted by molar-refractivity contribution is 7.80. The Labute approximate surface area is 120 Å². The predicted octanol–water partition coefficient (Wildman–Crippen LogP) is 4.55. The van der Waals surface area contributed by atoms with Gasteiger partial charge in [0, 0.05) is 17.5 Å². The molecule has 2 heteroatoms. The van der Waals surface area contributed by atoms with Crippen molar-refractivity contribution in [2.24, 2.45) is 0 Å². The van der Waals surface area contributed by atoms with Crippen molar-refractivity contribution < 1.29 is 0 Å². The Morgan fingerprint density at radius 2 is 1.79 bits per heavy atom. The number of nitrogens with one attached hydrogen (secondary N) is 1. The summed E-state index contributed by atoms with van der Waals surface area (Å²) >= 11 is 4.63. The van der Waals surface area contributed by atoms with E-state index in [0.717, 1.165) is 11.4 Å². The van der Waals surface area contributed by atoms with E-state index in [-0.39, 0.29) is 0 Å². The van der Waals surface area contributed by atoms with Crippen LogP contribution in [0.25, 0.3) is 10.8 Å². The number of hydrogen-bond donors (Lipinski definition) is 2. The van der Waals surface area contributed by atoms with Gasteiger partial charge in [0.2, 0.25) is 0 Å². The van der Waals surface area contributed by atoms with Gasteiger partial charge in [0.15, 0.2) is 0 Å². The van der Waals surface area contributed by atoms with Gasteiger partial charge in [-0.05, 0) is 35.2 Å². The fourth-order valence-electron chi connectivity index (χ4n) is 3.06. The third-order valence-corrected chi connectivity index (χ3v) is 4.61. The summed E-state index contributed by atoms with van der Waals surface area (Å²) in [6, 6.07) is 13.5. The first-order chi connectivity index (χ1) is 9.34. The normalized spacial score (nSPS) is 16.9. The summed E-state index contributed by atoms with van der Waals surface area (Å²) in [5, 5.41) is 6.36. The summed E-state index contributed by atoms with van der Waals surface area (Å²) in [4.78, 5) is 1.10. The quantitative estimate of drug-likeness (QED) is 0.780. The van der Waals surface area contributed by atoms with Gasteiger partial charge in [-0.15, -0.1) is 12.6 Å². The van der Waals surface area contributed by atoms with Crippen molar-refractivity contribution in [1.82, 2.24) is 5.32 Å². The third-order valence-electron chi connectivity index (χ3n) is 4.19. The first-order valence-corrected chi connectivity index (χ1v) is 7.72. The molecule has 1 nitrogen and oxygen atoms in total. The van der Waals surface area contributed by atoms with E-state index in [1.807, 2.05) is 0 Å². The Morgan fingerprint density at radius 3 is 2.63 bits per heavy atom. The molecule has 0 bridgehead atoms. The minimum absolute atomic E-state index is 0.695. The smallest absolute Gasteiger partial charge is 0.0225 e. The van der Waals surface area contributed by atoms with Crippen LogP contribution in [0.5, 0.6) is 0 Å². The summed E-state index contributed by atoms with van der Waals surface area (Å²) in [6.07, 6.45) is 6.81. The van der Waals surface area contributed by atoms with Crippen LogP contribution < -0.4 is 5.32 Å². The van der Waals surface area contributed by atoms with Crippen LogP contribution >= 0.6 is 12.6 Å². The van der Waals surface area contributed by atoms with Crippen molar-refractivity contribution in [2.45, 2.75) is 49.6 Å². The van der Waals surface area contributed by atoms with E-state index in [1.165, 1.54) is 48.4 Å². The monoisotopic (exact) mass is 271 g/mol. The average molecular weight is 271 g/mol. The SMILES string of the molecule is Sc1ccc2ccccc2c1CNC1CCCCC1. The molecule has 1 N–H and O–H groups in total. The maximum atomic E-state index is 4.63. The van der Waals surface area contributed by atoms with Crippen LogP contribution in [0.4, 0.5) is 0 Å². The highest BCUT2D eigenvalue weighted by Gasteiger charge is 2.13. The molecule has 0 aromatic heterocycles. The Bertz CT molecular complexity index is 558. The summed E-state index contributed by atoms with van der Waals surface area (Å²) in [6.45, 7) is 0.935. The molecule has 100 valence electrons. The Kier molecular flexibility index (Phi) is 4.09. The molecule has 3 rings (SSSR count). The molecular formula is C17H21NS. The van der Waals surface area contributed by atoms with E-state index in [9.17, 15) is 0 Å². The van der Waals surface area contributed by atoms with E-state index >= 15 is 0 Å². The van der Waals surface area contributed by atoms with Crippen LogP contribution in [0, 0.1) is 0 Å². The number of rotatable bonds is 3. The molecule has 0 saturated heterocycles. The molecule has 19 heavy (non-hydrogen) atoms. The lowest BCUT2D eigenvalue weighted by atomic mass is 9.95. The minimum Gasteiger partial charge on any atom is -0.310 e. The van der Waals surface area contributed by atoms with Crippen LogP contribution in [-0.2, 0) is 6.54 Å². The first-order valence-electron chi connectivity index (χ1n) is 7.27. The molecule has 0 radical (unpaired) electrons. The molecule has 0 aliphatic heterocycles. The van der Waals surface area contributed by atoms with E-state index < -0.39 is 0 Å². The van der Waals surface area contributed by atoms with Gasteiger partial charge in [-0.2, -0.15) is 0 Å². The number of thiol groups is 1. The molecule has 1 fully saturated rings. The molecule has 2 aromatic rings. The van der Waals surface area contributed by atoms with Crippen molar-refractivity contribution in [3.8, 4) is 0 Å². The second-order valence-electron chi connectivity index (χ2n) is 5.50. The van der Waals surface area contributed by atoms with Crippen molar-refractivity contribution >= 4 is 23.4 Å². The highest BCUT2D eigenvalue weighted by Crippen LogP contribution is 2.26. The van der Waals surface area contributed by atoms with Crippen LogP contribution in [0.2, 0.25) is 0 Å². The lowest BCUT2D eigenvalue weighted by Crippen LogP contribution is -2.30. The molecule has 0 atom stereocenters. The van der Waals surface area contributed by atoms with Gasteiger partial charge < -0.3 is 5.32 Å². The van der Waals surface area contributed by atoms with Gasteiger partial charge in [0.05, 0.1) is 0 Å². The van der Waals surface area contributed by atoms with Gasteiger partial charge in [0.25, 0.3) is 0 Å². The van der Waals surface area contributed by atoms with Crippen molar-refractivity contribution in [3.63, 3.8) is 0 Å².